The van der Waals surface area contributed by atoms with Gasteiger partial charge in [0.15, 0.2) is 11.1 Å². The summed E-state index contributed by atoms with van der Waals surface area (Å²) in [6.45, 7) is 1.75. The number of rotatable bonds is 1. The van der Waals surface area contributed by atoms with Gasteiger partial charge in [-0.3, -0.25) is 4.99 Å². The molecule has 0 atom stereocenters. The predicted octanol–water partition coefficient (Wildman–Crippen LogP) is 0.188. The van der Waals surface area contributed by atoms with Crippen LogP contribution in [0, 0.1) is 0 Å². The number of nitrogens with two attached hydrogens (primary N) is 3. The second-order valence-corrected chi connectivity index (χ2v) is 5.09. The van der Waals surface area contributed by atoms with Crippen molar-refractivity contribution in [3.63, 3.8) is 0 Å². The standard InChI is InChI=1S/C11H13N7S/c12-9(13)17-10(14)16-6-1-2-8-7(5-6)18-4-3-15-11(18)19-8/h1-2,5H,3-4H2,(H6,12,13,14,16,17). The van der Waals surface area contributed by atoms with Gasteiger partial charge in [0, 0.05) is 11.4 Å². The third-order valence-corrected chi connectivity index (χ3v) is 3.82. The van der Waals surface area contributed by atoms with E-state index in [-0.39, 0.29) is 11.9 Å². The van der Waals surface area contributed by atoms with Crippen LogP contribution < -0.4 is 22.1 Å². The largest absolute Gasteiger partial charge is 0.370 e. The van der Waals surface area contributed by atoms with Crippen LogP contribution in [0.15, 0.2) is 38.1 Å². The highest BCUT2D eigenvalue weighted by molar-refractivity contribution is 8.14. The normalized spacial score (nSPS) is 16.9. The van der Waals surface area contributed by atoms with Crippen LogP contribution in [0.4, 0.5) is 11.4 Å². The molecule has 8 heteroatoms. The van der Waals surface area contributed by atoms with E-state index in [1.807, 2.05) is 18.2 Å². The van der Waals surface area contributed by atoms with Crippen molar-refractivity contribution >= 4 is 40.2 Å². The van der Waals surface area contributed by atoms with E-state index in [2.05, 4.69) is 19.9 Å². The minimum atomic E-state index is -0.105. The minimum Gasteiger partial charge on any atom is -0.370 e. The Hall–Kier alpha value is -2.22. The summed E-state index contributed by atoms with van der Waals surface area (Å²) in [5.74, 6) is -0.0622. The fourth-order valence-corrected chi connectivity index (χ4v) is 3.06. The van der Waals surface area contributed by atoms with E-state index in [0.29, 0.717) is 0 Å². The van der Waals surface area contributed by atoms with Crippen molar-refractivity contribution < 1.29 is 0 Å². The van der Waals surface area contributed by atoms with E-state index >= 15 is 0 Å². The first-order valence-corrected chi connectivity index (χ1v) is 6.53. The lowest BCUT2D eigenvalue weighted by Crippen LogP contribution is -2.26. The molecule has 0 unspecified atom stereocenters. The minimum absolute atomic E-state index is 0.0425. The molecule has 19 heavy (non-hydrogen) atoms. The summed E-state index contributed by atoms with van der Waals surface area (Å²) in [7, 11) is 0. The van der Waals surface area contributed by atoms with Crippen LogP contribution >= 0.6 is 11.8 Å². The highest BCUT2D eigenvalue weighted by Gasteiger charge is 2.29. The molecule has 0 spiro atoms. The Morgan fingerprint density at radius 1 is 1.32 bits per heavy atom. The summed E-state index contributed by atoms with van der Waals surface area (Å²) in [5, 5.41) is 1.05. The molecule has 3 rings (SSSR count). The Labute approximate surface area is 114 Å². The van der Waals surface area contributed by atoms with E-state index < -0.39 is 0 Å². The van der Waals surface area contributed by atoms with Gasteiger partial charge in [-0.2, -0.15) is 4.99 Å². The van der Waals surface area contributed by atoms with Crippen LogP contribution in [0.2, 0.25) is 0 Å². The first-order chi connectivity index (χ1) is 9.13. The predicted molar refractivity (Wildman–Crippen MR) is 79.0 cm³/mol. The second kappa shape index (κ2) is 4.47. The number of benzene rings is 1. The Kier molecular flexibility index (Phi) is 2.79. The summed E-state index contributed by atoms with van der Waals surface area (Å²) < 4.78 is 0. The zero-order valence-corrected chi connectivity index (χ0v) is 10.9. The molecule has 0 fully saturated rings. The van der Waals surface area contributed by atoms with Crippen LogP contribution in [0.3, 0.4) is 0 Å². The molecule has 0 saturated heterocycles. The Bertz CT molecular complexity index is 615. The smallest absolute Gasteiger partial charge is 0.223 e. The molecule has 0 amide bonds. The van der Waals surface area contributed by atoms with Crippen molar-refractivity contribution in [3.8, 4) is 0 Å². The maximum absolute atomic E-state index is 5.62. The number of hydrogen-bond donors (Lipinski definition) is 3. The number of nitrogens with zero attached hydrogens (tertiary/aromatic N) is 4. The molecule has 2 aliphatic heterocycles. The highest BCUT2D eigenvalue weighted by Crippen LogP contribution is 2.43. The van der Waals surface area contributed by atoms with E-state index in [1.165, 1.54) is 4.90 Å². The van der Waals surface area contributed by atoms with Crippen LogP contribution in [-0.2, 0) is 0 Å². The van der Waals surface area contributed by atoms with Gasteiger partial charge in [-0.05, 0) is 30.0 Å². The fourth-order valence-electron chi connectivity index (χ4n) is 2.00. The molecular weight excluding hydrogens is 262 g/mol. The van der Waals surface area contributed by atoms with E-state index in [0.717, 1.165) is 29.6 Å². The van der Waals surface area contributed by atoms with Crippen molar-refractivity contribution in [1.29, 1.82) is 0 Å². The lowest BCUT2D eigenvalue weighted by atomic mass is 10.2. The maximum Gasteiger partial charge on any atom is 0.223 e. The summed E-state index contributed by atoms with van der Waals surface area (Å²) in [4.78, 5) is 15.6. The van der Waals surface area contributed by atoms with E-state index in [9.17, 15) is 0 Å². The molecule has 2 aliphatic rings. The topological polar surface area (TPSA) is 118 Å². The summed E-state index contributed by atoms with van der Waals surface area (Å²) in [6.07, 6.45) is 0. The van der Waals surface area contributed by atoms with Crippen molar-refractivity contribution in [1.82, 2.24) is 0 Å². The molecule has 0 radical (unpaired) electrons. The zero-order chi connectivity index (χ0) is 13.4. The summed E-state index contributed by atoms with van der Waals surface area (Å²) in [6, 6.07) is 5.84. The number of thioether (sulfide) groups is 1. The third-order valence-electron chi connectivity index (χ3n) is 2.72. The Morgan fingerprint density at radius 2 is 2.16 bits per heavy atom. The van der Waals surface area contributed by atoms with Gasteiger partial charge in [-0.25, -0.2) is 4.99 Å². The van der Waals surface area contributed by atoms with Crippen LogP contribution in [0.5, 0.6) is 0 Å². The van der Waals surface area contributed by atoms with E-state index in [1.54, 1.807) is 11.8 Å². The molecule has 0 saturated carbocycles. The lowest BCUT2D eigenvalue weighted by Gasteiger charge is -2.12. The number of fused-ring (bicyclic) bond motifs is 3. The number of anilines is 1. The zero-order valence-electron chi connectivity index (χ0n) is 10.1. The van der Waals surface area contributed by atoms with Gasteiger partial charge < -0.3 is 22.1 Å². The number of aliphatic imine (C=N–C) groups is 3. The van der Waals surface area contributed by atoms with Crippen molar-refractivity contribution in [2.24, 2.45) is 32.2 Å². The number of hydrogen-bond acceptors (Lipinski definition) is 4. The van der Waals surface area contributed by atoms with Gasteiger partial charge in [-0.15, -0.1) is 0 Å². The average Bonchev–Trinajstić information content (AvgIpc) is 2.88. The fraction of sp³-hybridized carbons (Fsp3) is 0.182. The van der Waals surface area contributed by atoms with Gasteiger partial charge in [0.2, 0.25) is 5.96 Å². The Balaban J connectivity index is 1.93. The van der Waals surface area contributed by atoms with Crippen LogP contribution in [-0.4, -0.2) is 30.2 Å². The summed E-state index contributed by atoms with van der Waals surface area (Å²) >= 11 is 1.67. The molecule has 0 aromatic heterocycles. The third kappa shape index (κ3) is 2.22. The number of amidine groups is 1. The molecule has 98 valence electrons. The Morgan fingerprint density at radius 3 is 2.95 bits per heavy atom. The van der Waals surface area contributed by atoms with Crippen molar-refractivity contribution in [3.05, 3.63) is 18.2 Å². The quantitative estimate of drug-likeness (QED) is 0.499. The maximum atomic E-state index is 5.62. The molecule has 0 aliphatic carbocycles. The van der Waals surface area contributed by atoms with Gasteiger partial charge in [0.1, 0.15) is 0 Å². The average molecular weight is 275 g/mol. The lowest BCUT2D eigenvalue weighted by molar-refractivity contribution is 1.01. The molecular formula is C11H13N7S. The van der Waals surface area contributed by atoms with Gasteiger partial charge in [-0.1, -0.05) is 0 Å². The molecule has 7 nitrogen and oxygen atoms in total. The molecule has 2 heterocycles. The highest BCUT2D eigenvalue weighted by atomic mass is 32.2. The monoisotopic (exact) mass is 275 g/mol. The van der Waals surface area contributed by atoms with Crippen molar-refractivity contribution in [2.45, 2.75) is 4.90 Å². The van der Waals surface area contributed by atoms with E-state index in [4.69, 9.17) is 17.2 Å². The molecule has 0 bridgehead atoms. The van der Waals surface area contributed by atoms with Gasteiger partial charge >= 0.3 is 0 Å². The first-order valence-electron chi connectivity index (χ1n) is 5.71. The first kappa shape index (κ1) is 11.8. The second-order valence-electron chi connectivity index (χ2n) is 4.08. The summed E-state index contributed by atoms with van der Waals surface area (Å²) in [5.41, 5.74) is 17.9. The van der Waals surface area contributed by atoms with Gasteiger partial charge in [0.05, 0.1) is 17.9 Å². The number of guanidine groups is 2. The molecule has 1 aromatic rings. The molecule has 6 N–H and O–H groups in total. The van der Waals surface area contributed by atoms with Gasteiger partial charge in [0.25, 0.3) is 0 Å². The van der Waals surface area contributed by atoms with Crippen molar-refractivity contribution in [2.75, 3.05) is 18.0 Å². The molecule has 1 aromatic carbocycles. The van der Waals surface area contributed by atoms with Crippen LogP contribution in [0.25, 0.3) is 0 Å². The SMILES string of the molecule is NC(N)=NC(N)=Nc1ccc2c(c1)N1CCN=C1S2. The van der Waals surface area contributed by atoms with Crippen LogP contribution in [0.1, 0.15) is 0 Å².